The summed E-state index contributed by atoms with van der Waals surface area (Å²) in [6.45, 7) is 5.72. The van der Waals surface area contributed by atoms with Gasteiger partial charge in [-0.1, -0.05) is 36.4 Å². The molecule has 4 rings (SSSR count). The summed E-state index contributed by atoms with van der Waals surface area (Å²) in [5, 5.41) is 11.5. The number of carbonyl (C=O) groups is 2. The largest absolute Gasteiger partial charge is 0.443 e. The van der Waals surface area contributed by atoms with Crippen molar-refractivity contribution >= 4 is 17.6 Å². The number of fused-ring (bicyclic) bond motifs is 1. The van der Waals surface area contributed by atoms with E-state index in [1.54, 1.807) is 29.2 Å². The molecule has 1 saturated heterocycles. The summed E-state index contributed by atoms with van der Waals surface area (Å²) in [5.41, 5.74) is 7.14. The van der Waals surface area contributed by atoms with Crippen LogP contribution in [0.25, 0.3) is 5.65 Å². The minimum atomic E-state index is -1.10. The molecular weight excluding hydrogens is 464 g/mol. The zero-order valence-electron chi connectivity index (χ0n) is 20.6. The van der Waals surface area contributed by atoms with Crippen LogP contribution in [0, 0.1) is 0 Å². The van der Waals surface area contributed by atoms with Gasteiger partial charge >= 0.3 is 6.09 Å². The number of benzene rings is 1. The Labute approximate surface area is 209 Å². The second kappa shape index (κ2) is 11.5. The van der Waals surface area contributed by atoms with Crippen molar-refractivity contribution in [3.63, 3.8) is 0 Å². The van der Waals surface area contributed by atoms with Gasteiger partial charge in [-0.25, -0.2) is 4.79 Å². The summed E-state index contributed by atoms with van der Waals surface area (Å²) in [5.74, 6) is 0.0949. The number of ether oxygens (including phenoxy) is 3. The molecule has 0 aliphatic carbocycles. The lowest BCUT2D eigenvalue weighted by Crippen LogP contribution is -2.51. The molecule has 0 bridgehead atoms. The maximum Gasteiger partial charge on any atom is 0.410 e. The molecule has 1 aliphatic heterocycles. The van der Waals surface area contributed by atoms with Crippen LogP contribution in [-0.2, 0) is 32.2 Å². The third-order valence-electron chi connectivity index (χ3n) is 5.75. The topological polar surface area (TPSA) is 133 Å². The molecule has 36 heavy (non-hydrogen) atoms. The molecule has 0 radical (unpaired) electrons. The van der Waals surface area contributed by atoms with Crippen molar-refractivity contribution in [2.45, 2.75) is 38.6 Å². The summed E-state index contributed by atoms with van der Waals surface area (Å²) < 4.78 is 18.6. The van der Waals surface area contributed by atoms with Crippen molar-refractivity contribution in [3.8, 4) is 0 Å². The van der Waals surface area contributed by atoms with E-state index in [-0.39, 0.29) is 19.1 Å². The van der Waals surface area contributed by atoms with Crippen LogP contribution in [0.4, 0.5) is 4.79 Å². The number of nitrogens with two attached hydrogens (primary N) is 1. The number of nitrogens with zero attached hydrogens (tertiary/aromatic N) is 4. The molecule has 1 fully saturated rings. The van der Waals surface area contributed by atoms with Gasteiger partial charge < -0.3 is 30.2 Å². The van der Waals surface area contributed by atoms with Gasteiger partial charge in [-0.05, 0) is 31.5 Å². The van der Waals surface area contributed by atoms with E-state index in [1.165, 1.54) is 0 Å². The van der Waals surface area contributed by atoms with Crippen LogP contribution in [0.1, 0.15) is 37.0 Å². The van der Waals surface area contributed by atoms with Gasteiger partial charge in [-0.2, -0.15) is 0 Å². The highest BCUT2D eigenvalue weighted by molar-refractivity contribution is 5.85. The van der Waals surface area contributed by atoms with Gasteiger partial charge in [0.05, 0.1) is 37.7 Å². The van der Waals surface area contributed by atoms with E-state index in [0.717, 1.165) is 5.56 Å². The van der Waals surface area contributed by atoms with Crippen LogP contribution in [-0.4, -0.2) is 69.9 Å². The molecule has 192 valence electrons. The van der Waals surface area contributed by atoms with Gasteiger partial charge in [0.25, 0.3) is 0 Å². The van der Waals surface area contributed by atoms with Gasteiger partial charge in [0.1, 0.15) is 12.6 Å². The van der Waals surface area contributed by atoms with Gasteiger partial charge in [0, 0.05) is 13.1 Å². The zero-order valence-corrected chi connectivity index (χ0v) is 20.6. The van der Waals surface area contributed by atoms with Crippen molar-refractivity contribution in [1.82, 2.24) is 24.8 Å². The number of amides is 2. The molecule has 2 aromatic heterocycles. The van der Waals surface area contributed by atoms with Gasteiger partial charge in [-0.15, -0.1) is 10.2 Å². The number of hydrogen-bond donors (Lipinski definition) is 2. The first-order valence-electron chi connectivity index (χ1n) is 11.9. The lowest BCUT2D eigenvalue weighted by Gasteiger charge is -2.26. The fourth-order valence-electron chi connectivity index (χ4n) is 3.74. The van der Waals surface area contributed by atoms with Crippen molar-refractivity contribution in [3.05, 3.63) is 65.6 Å². The molecular formula is C25H32N6O5. The first-order valence-corrected chi connectivity index (χ1v) is 11.9. The summed E-state index contributed by atoms with van der Waals surface area (Å²) in [6, 6.07) is 14.5. The maximum absolute atomic E-state index is 12.8. The van der Waals surface area contributed by atoms with E-state index in [1.807, 2.05) is 42.5 Å². The van der Waals surface area contributed by atoms with E-state index >= 15 is 0 Å². The van der Waals surface area contributed by atoms with E-state index in [2.05, 4.69) is 15.5 Å². The fraction of sp³-hybridized carbons (Fsp3) is 0.440. The van der Waals surface area contributed by atoms with Gasteiger partial charge in [0.15, 0.2) is 11.5 Å². The Kier molecular flexibility index (Phi) is 8.14. The summed E-state index contributed by atoms with van der Waals surface area (Å²) >= 11 is 0. The van der Waals surface area contributed by atoms with Crippen LogP contribution in [0.2, 0.25) is 0 Å². The highest BCUT2D eigenvalue weighted by Crippen LogP contribution is 2.19. The van der Waals surface area contributed by atoms with E-state index in [4.69, 9.17) is 19.9 Å². The molecule has 11 heteroatoms. The normalized spacial score (nSPS) is 15.0. The quantitative estimate of drug-likeness (QED) is 0.458. The van der Waals surface area contributed by atoms with Crippen molar-refractivity contribution < 1.29 is 23.8 Å². The lowest BCUT2D eigenvalue weighted by molar-refractivity contribution is -0.126. The fourth-order valence-corrected chi connectivity index (χ4v) is 3.74. The average molecular weight is 497 g/mol. The maximum atomic E-state index is 12.8. The van der Waals surface area contributed by atoms with Gasteiger partial charge in [-0.3, -0.25) is 9.20 Å². The Bertz CT molecular complexity index is 1170. The lowest BCUT2D eigenvalue weighted by atomic mass is 10.1. The predicted molar refractivity (Wildman–Crippen MR) is 131 cm³/mol. The molecule has 0 spiro atoms. The number of carbonyl (C=O) groups excluding carboxylic acids is 2. The minimum absolute atomic E-state index is 0.00644. The Morgan fingerprint density at radius 3 is 2.56 bits per heavy atom. The Morgan fingerprint density at radius 2 is 1.83 bits per heavy atom. The molecule has 1 aliphatic rings. The van der Waals surface area contributed by atoms with Crippen LogP contribution >= 0.6 is 0 Å². The number of nitrogens with one attached hydrogen (secondary N) is 1. The van der Waals surface area contributed by atoms with E-state index < -0.39 is 17.7 Å². The average Bonchev–Trinajstić information content (AvgIpc) is 3.32. The van der Waals surface area contributed by atoms with Crippen LogP contribution in [0.5, 0.6) is 0 Å². The highest BCUT2D eigenvalue weighted by Gasteiger charge is 2.29. The molecule has 2 amide bonds. The smallest absolute Gasteiger partial charge is 0.410 e. The second-order valence-corrected chi connectivity index (χ2v) is 9.17. The molecule has 1 aromatic carbocycles. The predicted octanol–water partition coefficient (Wildman–Crippen LogP) is 1.81. The number of rotatable bonds is 9. The standard InChI is InChI=1S/C25H32N6O5/c1-25(2,26)23(32)27-20(17-35-15-18-7-4-3-5-8-18)22-29-28-21-10-6-9-19(31(21)22)16-36-24(33)30-11-13-34-14-12-30/h3-10,20H,11-17,26H2,1-2H3,(H,27,32)/t20-/m0/s1. The second-order valence-electron chi connectivity index (χ2n) is 9.17. The Hall–Kier alpha value is -3.54. The Balaban J connectivity index is 1.55. The SMILES string of the molecule is CC(C)(N)C(=O)N[C@@H](COCc1ccccc1)c1nnc2cccc(COC(=O)N3CCOCC3)n12. The monoisotopic (exact) mass is 496 g/mol. The van der Waals surface area contributed by atoms with Crippen molar-refractivity contribution in [2.24, 2.45) is 5.73 Å². The summed E-state index contributed by atoms with van der Waals surface area (Å²) in [6.07, 6.45) is -0.411. The molecule has 3 N–H and O–H groups in total. The van der Waals surface area contributed by atoms with Gasteiger partial charge in [0.2, 0.25) is 5.91 Å². The first-order chi connectivity index (χ1) is 17.3. The molecule has 0 saturated carbocycles. The molecule has 0 unspecified atom stereocenters. The van der Waals surface area contributed by atoms with Crippen molar-refractivity contribution in [1.29, 1.82) is 0 Å². The Morgan fingerprint density at radius 1 is 1.08 bits per heavy atom. The number of hydrogen-bond acceptors (Lipinski definition) is 8. The first kappa shape index (κ1) is 25.5. The summed E-state index contributed by atoms with van der Waals surface area (Å²) in [4.78, 5) is 26.9. The molecule has 3 aromatic rings. The van der Waals surface area contributed by atoms with E-state index in [9.17, 15) is 9.59 Å². The number of aromatic nitrogens is 3. The minimum Gasteiger partial charge on any atom is -0.443 e. The van der Waals surface area contributed by atoms with Crippen LogP contribution < -0.4 is 11.1 Å². The van der Waals surface area contributed by atoms with E-state index in [0.29, 0.717) is 50.1 Å². The highest BCUT2D eigenvalue weighted by atomic mass is 16.6. The van der Waals surface area contributed by atoms with Crippen molar-refractivity contribution in [2.75, 3.05) is 32.9 Å². The number of morpholine rings is 1. The zero-order chi connectivity index (χ0) is 25.5. The third kappa shape index (κ3) is 6.36. The van der Waals surface area contributed by atoms with Crippen LogP contribution in [0.15, 0.2) is 48.5 Å². The van der Waals surface area contributed by atoms with Crippen LogP contribution in [0.3, 0.4) is 0 Å². The third-order valence-corrected chi connectivity index (χ3v) is 5.75. The molecule has 3 heterocycles. The molecule has 11 nitrogen and oxygen atoms in total. The summed E-state index contributed by atoms with van der Waals surface area (Å²) in [7, 11) is 0. The molecule has 1 atom stereocenters. The number of pyridine rings is 1.